The van der Waals surface area contributed by atoms with Crippen molar-refractivity contribution in [2.45, 2.75) is 45.8 Å². The summed E-state index contributed by atoms with van der Waals surface area (Å²) in [4.78, 5) is 21.0. The molecule has 0 aliphatic carbocycles. The van der Waals surface area contributed by atoms with E-state index < -0.39 is 5.60 Å². The number of amides is 1. The third-order valence-corrected chi connectivity index (χ3v) is 4.12. The van der Waals surface area contributed by atoms with Crippen molar-refractivity contribution in [1.29, 1.82) is 5.26 Å². The van der Waals surface area contributed by atoms with Crippen molar-refractivity contribution in [3.63, 3.8) is 0 Å². The van der Waals surface area contributed by atoms with Gasteiger partial charge in [0, 0.05) is 31.0 Å². The zero-order valence-electron chi connectivity index (χ0n) is 16.9. The lowest BCUT2D eigenvalue weighted by molar-refractivity contribution is 0.0693. The van der Waals surface area contributed by atoms with Gasteiger partial charge in [0.25, 0.3) is 5.91 Å². The van der Waals surface area contributed by atoms with Gasteiger partial charge in [0.05, 0.1) is 27.4 Å². The van der Waals surface area contributed by atoms with Crippen molar-refractivity contribution in [3.8, 4) is 6.07 Å². The van der Waals surface area contributed by atoms with Crippen LogP contribution < -0.4 is 16.0 Å². The highest BCUT2D eigenvalue weighted by Gasteiger charge is 2.17. The summed E-state index contributed by atoms with van der Waals surface area (Å²) in [6.07, 6.45) is 3.30. The average Bonchev–Trinajstić information content (AvgIpc) is 2.62. The molecule has 0 unspecified atom stereocenters. The molecule has 0 saturated carbocycles. The van der Waals surface area contributed by atoms with Crippen LogP contribution in [0.25, 0.3) is 0 Å². The van der Waals surface area contributed by atoms with Crippen molar-refractivity contribution in [1.82, 2.24) is 15.3 Å². The van der Waals surface area contributed by atoms with E-state index in [1.54, 1.807) is 19.9 Å². The van der Waals surface area contributed by atoms with E-state index in [0.717, 1.165) is 0 Å². The molecular formula is C20H25ClN6O2. The molecule has 0 spiro atoms. The third-order valence-electron chi connectivity index (χ3n) is 3.83. The normalized spacial score (nSPS) is 11.1. The highest BCUT2D eigenvalue weighted by Crippen LogP contribution is 2.26. The van der Waals surface area contributed by atoms with E-state index in [4.69, 9.17) is 16.9 Å². The van der Waals surface area contributed by atoms with Crippen LogP contribution in [-0.2, 0) is 0 Å². The van der Waals surface area contributed by atoms with E-state index in [1.165, 1.54) is 18.5 Å². The molecule has 2 aromatic rings. The Morgan fingerprint density at radius 3 is 2.62 bits per heavy atom. The second-order valence-corrected chi connectivity index (χ2v) is 7.93. The average molecular weight is 417 g/mol. The molecule has 154 valence electrons. The Hall–Kier alpha value is -2.89. The highest BCUT2D eigenvalue weighted by atomic mass is 35.5. The maximum absolute atomic E-state index is 12.6. The topological polar surface area (TPSA) is 123 Å². The number of carbonyl (C=O) groups excluding carboxylic acids is 1. The Kier molecular flexibility index (Phi) is 7.37. The quantitative estimate of drug-likeness (QED) is 0.519. The molecule has 2 heterocycles. The molecule has 2 rings (SSSR count). The summed E-state index contributed by atoms with van der Waals surface area (Å²) in [6, 6.07) is 5.27. The number of aromatic nitrogens is 2. The molecular weight excluding hydrogens is 392 g/mol. The van der Waals surface area contributed by atoms with E-state index >= 15 is 0 Å². The number of anilines is 3. The van der Waals surface area contributed by atoms with Crippen molar-refractivity contribution < 1.29 is 9.90 Å². The Labute approximate surface area is 175 Å². The first-order chi connectivity index (χ1) is 13.6. The van der Waals surface area contributed by atoms with Crippen molar-refractivity contribution in [2.75, 3.05) is 17.2 Å². The Bertz CT molecular complexity index is 918. The summed E-state index contributed by atoms with van der Waals surface area (Å²) in [5.74, 6) is 0.516. The molecule has 1 amide bonds. The first-order valence-corrected chi connectivity index (χ1v) is 9.56. The number of hydrogen-bond donors (Lipinski definition) is 4. The molecule has 0 aliphatic rings. The molecule has 0 radical (unpaired) electrons. The van der Waals surface area contributed by atoms with Gasteiger partial charge in [-0.1, -0.05) is 11.6 Å². The summed E-state index contributed by atoms with van der Waals surface area (Å²) in [5, 5.41) is 28.0. The minimum atomic E-state index is -0.855. The monoisotopic (exact) mass is 416 g/mol. The van der Waals surface area contributed by atoms with Crippen LogP contribution in [0.5, 0.6) is 0 Å². The molecule has 0 bridgehead atoms. The van der Waals surface area contributed by atoms with Gasteiger partial charge in [-0.3, -0.25) is 4.79 Å². The van der Waals surface area contributed by atoms with Gasteiger partial charge < -0.3 is 21.1 Å². The predicted molar refractivity (Wildman–Crippen MR) is 113 cm³/mol. The summed E-state index contributed by atoms with van der Waals surface area (Å²) in [7, 11) is 0. The maximum Gasteiger partial charge on any atom is 0.254 e. The van der Waals surface area contributed by atoms with Gasteiger partial charge in [-0.15, -0.1) is 0 Å². The van der Waals surface area contributed by atoms with Crippen LogP contribution in [0.2, 0.25) is 5.02 Å². The first-order valence-electron chi connectivity index (χ1n) is 9.19. The second kappa shape index (κ2) is 9.54. The van der Waals surface area contributed by atoms with Gasteiger partial charge in [0.2, 0.25) is 0 Å². The molecule has 0 atom stereocenters. The number of halogens is 1. The van der Waals surface area contributed by atoms with Crippen LogP contribution in [0.4, 0.5) is 17.3 Å². The summed E-state index contributed by atoms with van der Waals surface area (Å²) >= 11 is 6.15. The minimum absolute atomic E-state index is 0.0878. The van der Waals surface area contributed by atoms with Crippen molar-refractivity contribution in [3.05, 3.63) is 40.7 Å². The molecule has 9 heteroatoms. The number of nitriles is 1. The third kappa shape index (κ3) is 6.89. The van der Waals surface area contributed by atoms with Crippen LogP contribution in [0.15, 0.2) is 24.5 Å². The smallest absolute Gasteiger partial charge is 0.254 e. The van der Waals surface area contributed by atoms with Crippen molar-refractivity contribution in [2.24, 2.45) is 0 Å². The molecule has 2 aromatic heterocycles. The van der Waals surface area contributed by atoms with E-state index in [9.17, 15) is 9.90 Å². The van der Waals surface area contributed by atoms with Crippen LogP contribution >= 0.6 is 11.6 Å². The Morgan fingerprint density at radius 2 is 2.03 bits per heavy atom. The second-order valence-electron chi connectivity index (χ2n) is 7.52. The van der Waals surface area contributed by atoms with Crippen LogP contribution in [0, 0.1) is 11.3 Å². The van der Waals surface area contributed by atoms with Gasteiger partial charge in [-0.25, -0.2) is 9.97 Å². The molecule has 8 nitrogen and oxygen atoms in total. The van der Waals surface area contributed by atoms with Crippen LogP contribution in [0.3, 0.4) is 0 Å². The standard InChI is InChI=1S/C20H25ClN6O2/c1-12(2)26-16-8-17(27-18-15(21)7-13(9-22)10-25-18)24-11-14(16)19(28)23-6-5-20(3,4)29/h7-8,10-12,29H,5-6H2,1-4H3,(H,23,28)(H2,24,25,26,27). The van der Waals surface area contributed by atoms with Crippen molar-refractivity contribution >= 4 is 34.8 Å². The number of nitrogens with one attached hydrogen (secondary N) is 3. The fourth-order valence-corrected chi connectivity index (χ4v) is 2.64. The van der Waals surface area contributed by atoms with E-state index in [2.05, 4.69) is 25.9 Å². The number of rotatable bonds is 8. The van der Waals surface area contributed by atoms with Crippen LogP contribution in [-0.4, -0.2) is 39.2 Å². The fourth-order valence-electron chi connectivity index (χ4n) is 2.42. The zero-order valence-corrected chi connectivity index (χ0v) is 17.6. The molecule has 4 N–H and O–H groups in total. The SMILES string of the molecule is CC(C)Nc1cc(Nc2ncc(C#N)cc2Cl)ncc1C(=O)NCCC(C)(C)O. The largest absolute Gasteiger partial charge is 0.390 e. The van der Waals surface area contributed by atoms with Gasteiger partial charge in [-0.2, -0.15) is 5.26 Å². The fraction of sp³-hybridized carbons (Fsp3) is 0.400. The lowest BCUT2D eigenvalue weighted by Crippen LogP contribution is -2.31. The van der Waals surface area contributed by atoms with E-state index in [0.29, 0.717) is 41.4 Å². The number of nitrogens with zero attached hydrogens (tertiary/aromatic N) is 3. The molecule has 0 aliphatic heterocycles. The zero-order chi connectivity index (χ0) is 21.6. The Balaban J connectivity index is 2.22. The van der Waals surface area contributed by atoms with E-state index in [-0.39, 0.29) is 17.0 Å². The predicted octanol–water partition coefficient (Wildman–Crippen LogP) is 3.46. The lowest BCUT2D eigenvalue weighted by Gasteiger charge is -2.18. The number of pyridine rings is 2. The molecule has 0 aromatic carbocycles. The van der Waals surface area contributed by atoms with Gasteiger partial charge in [-0.05, 0) is 40.2 Å². The van der Waals surface area contributed by atoms with Gasteiger partial charge in [0.1, 0.15) is 17.7 Å². The molecule has 0 fully saturated rings. The maximum atomic E-state index is 12.6. The summed E-state index contributed by atoms with van der Waals surface area (Å²) in [5.41, 5.74) is 0.488. The Morgan fingerprint density at radius 1 is 1.31 bits per heavy atom. The summed E-state index contributed by atoms with van der Waals surface area (Å²) < 4.78 is 0. The van der Waals surface area contributed by atoms with Crippen LogP contribution in [0.1, 0.15) is 50.0 Å². The highest BCUT2D eigenvalue weighted by molar-refractivity contribution is 6.33. The van der Waals surface area contributed by atoms with E-state index in [1.807, 2.05) is 19.9 Å². The number of hydrogen-bond acceptors (Lipinski definition) is 7. The van der Waals surface area contributed by atoms with Gasteiger partial charge >= 0.3 is 0 Å². The number of aliphatic hydroxyl groups is 1. The lowest BCUT2D eigenvalue weighted by atomic mass is 10.1. The first kappa shape index (κ1) is 22.4. The van der Waals surface area contributed by atoms with Gasteiger partial charge in [0.15, 0.2) is 0 Å². The summed E-state index contributed by atoms with van der Waals surface area (Å²) in [6.45, 7) is 7.64. The minimum Gasteiger partial charge on any atom is -0.390 e. The molecule has 29 heavy (non-hydrogen) atoms. The molecule has 0 saturated heterocycles. The number of carbonyl (C=O) groups is 1.